The quantitative estimate of drug-likeness (QED) is 0.875. The maximum Gasteiger partial charge on any atom is 0.146 e. The van der Waals surface area contributed by atoms with Crippen molar-refractivity contribution in [3.05, 3.63) is 48.0 Å². The van der Waals surface area contributed by atoms with E-state index in [0.29, 0.717) is 6.61 Å². The van der Waals surface area contributed by atoms with E-state index in [4.69, 9.17) is 10.5 Å². The van der Waals surface area contributed by atoms with E-state index < -0.39 is 0 Å². The Morgan fingerprint density at radius 1 is 1.41 bits per heavy atom. The van der Waals surface area contributed by atoms with E-state index in [1.165, 1.54) is 0 Å². The van der Waals surface area contributed by atoms with Gasteiger partial charge < -0.3 is 15.0 Å². The molecule has 2 aromatic rings. The first-order valence-corrected chi connectivity index (χ1v) is 5.62. The fourth-order valence-electron chi connectivity index (χ4n) is 1.67. The van der Waals surface area contributed by atoms with Gasteiger partial charge in [0.25, 0.3) is 0 Å². The maximum absolute atomic E-state index is 5.89. The first-order chi connectivity index (χ1) is 8.18. The monoisotopic (exact) mass is 231 g/mol. The van der Waals surface area contributed by atoms with Gasteiger partial charge in [0.15, 0.2) is 0 Å². The van der Waals surface area contributed by atoms with Crippen LogP contribution in [0.25, 0.3) is 0 Å². The predicted molar refractivity (Wildman–Crippen MR) is 66.6 cm³/mol. The van der Waals surface area contributed by atoms with E-state index in [9.17, 15) is 0 Å². The lowest BCUT2D eigenvalue weighted by Gasteiger charge is -2.13. The third-order valence-electron chi connectivity index (χ3n) is 2.69. The normalized spacial score (nSPS) is 12.4. The van der Waals surface area contributed by atoms with Gasteiger partial charge in [0.1, 0.15) is 18.2 Å². The van der Waals surface area contributed by atoms with Crippen LogP contribution in [0.15, 0.2) is 36.7 Å². The molecule has 0 saturated heterocycles. The van der Waals surface area contributed by atoms with Crippen LogP contribution in [0.2, 0.25) is 0 Å². The van der Waals surface area contributed by atoms with Crippen LogP contribution in [0.4, 0.5) is 0 Å². The Bertz CT molecular complexity index is 491. The largest absolute Gasteiger partial charge is 0.485 e. The van der Waals surface area contributed by atoms with Crippen LogP contribution in [0.3, 0.4) is 0 Å². The Balaban J connectivity index is 2.11. The number of rotatable bonds is 4. The average molecular weight is 231 g/mol. The van der Waals surface area contributed by atoms with Crippen LogP contribution in [-0.4, -0.2) is 9.55 Å². The van der Waals surface area contributed by atoms with Crippen LogP contribution < -0.4 is 10.5 Å². The molecule has 0 fully saturated rings. The van der Waals surface area contributed by atoms with Gasteiger partial charge in [-0.05, 0) is 13.0 Å². The van der Waals surface area contributed by atoms with Crippen molar-refractivity contribution in [2.45, 2.75) is 19.6 Å². The summed E-state index contributed by atoms with van der Waals surface area (Å²) in [5.74, 6) is 1.72. The van der Waals surface area contributed by atoms with E-state index >= 15 is 0 Å². The lowest BCUT2D eigenvalue weighted by Crippen LogP contribution is -2.09. The molecule has 0 saturated carbocycles. The molecule has 0 radical (unpaired) electrons. The van der Waals surface area contributed by atoms with Crippen molar-refractivity contribution in [3.8, 4) is 5.75 Å². The molecule has 4 nitrogen and oxygen atoms in total. The minimum atomic E-state index is -0.0347. The van der Waals surface area contributed by atoms with Gasteiger partial charge in [0.05, 0.1) is 0 Å². The van der Waals surface area contributed by atoms with Gasteiger partial charge >= 0.3 is 0 Å². The second-order valence-electron chi connectivity index (χ2n) is 4.07. The second kappa shape index (κ2) is 5.01. The zero-order valence-corrected chi connectivity index (χ0v) is 10.1. The first kappa shape index (κ1) is 11.7. The molecule has 90 valence electrons. The van der Waals surface area contributed by atoms with Crippen LogP contribution in [0.1, 0.15) is 24.4 Å². The summed E-state index contributed by atoms with van der Waals surface area (Å²) in [6, 6.07) is 7.79. The lowest BCUT2D eigenvalue weighted by atomic mass is 10.1. The fourth-order valence-corrected chi connectivity index (χ4v) is 1.67. The summed E-state index contributed by atoms with van der Waals surface area (Å²) in [6.07, 6.45) is 3.66. The highest BCUT2D eigenvalue weighted by Gasteiger charge is 2.08. The average Bonchev–Trinajstić information content (AvgIpc) is 2.72. The van der Waals surface area contributed by atoms with Crippen molar-refractivity contribution in [1.82, 2.24) is 9.55 Å². The molecule has 1 aromatic heterocycles. The molecule has 1 atom stereocenters. The van der Waals surface area contributed by atoms with Gasteiger partial charge in [-0.15, -0.1) is 0 Å². The van der Waals surface area contributed by atoms with Gasteiger partial charge in [-0.3, -0.25) is 0 Å². The van der Waals surface area contributed by atoms with Crippen molar-refractivity contribution < 1.29 is 4.74 Å². The Hall–Kier alpha value is -1.81. The molecule has 1 aromatic carbocycles. The maximum atomic E-state index is 5.89. The van der Waals surface area contributed by atoms with E-state index in [0.717, 1.165) is 17.1 Å². The minimum Gasteiger partial charge on any atom is -0.485 e. The molecule has 0 bridgehead atoms. The zero-order valence-electron chi connectivity index (χ0n) is 10.1. The number of benzene rings is 1. The highest BCUT2D eigenvalue weighted by atomic mass is 16.5. The number of ether oxygens (including phenoxy) is 1. The first-order valence-electron chi connectivity index (χ1n) is 5.62. The van der Waals surface area contributed by atoms with E-state index in [2.05, 4.69) is 4.98 Å². The number of nitrogens with zero attached hydrogens (tertiary/aromatic N) is 2. The van der Waals surface area contributed by atoms with Gasteiger partial charge in [0, 0.05) is 31.0 Å². The molecule has 2 rings (SSSR count). The van der Waals surface area contributed by atoms with E-state index in [1.54, 1.807) is 6.20 Å². The molecule has 2 N–H and O–H groups in total. The molecule has 4 heteroatoms. The van der Waals surface area contributed by atoms with Crippen LogP contribution >= 0.6 is 0 Å². The third-order valence-corrected chi connectivity index (χ3v) is 2.69. The Morgan fingerprint density at radius 2 is 2.18 bits per heavy atom. The van der Waals surface area contributed by atoms with E-state index in [1.807, 2.05) is 49.0 Å². The molecular weight excluding hydrogens is 214 g/mol. The fraction of sp³-hybridized carbons (Fsp3) is 0.308. The zero-order chi connectivity index (χ0) is 12.3. The molecule has 1 heterocycles. The van der Waals surface area contributed by atoms with E-state index in [-0.39, 0.29) is 6.04 Å². The minimum absolute atomic E-state index is 0.0347. The molecule has 0 aliphatic rings. The van der Waals surface area contributed by atoms with Gasteiger partial charge in [-0.2, -0.15) is 0 Å². The van der Waals surface area contributed by atoms with Crippen molar-refractivity contribution >= 4 is 0 Å². The van der Waals surface area contributed by atoms with Crippen molar-refractivity contribution in [2.24, 2.45) is 12.8 Å². The summed E-state index contributed by atoms with van der Waals surface area (Å²) in [5, 5.41) is 0. The molecule has 17 heavy (non-hydrogen) atoms. The number of aromatic nitrogens is 2. The topological polar surface area (TPSA) is 53.1 Å². The summed E-state index contributed by atoms with van der Waals surface area (Å²) in [7, 11) is 1.95. The highest BCUT2D eigenvalue weighted by molar-refractivity contribution is 5.35. The Labute approximate surface area is 101 Å². The van der Waals surface area contributed by atoms with Crippen LogP contribution in [0, 0.1) is 0 Å². The molecule has 0 aliphatic carbocycles. The summed E-state index contributed by atoms with van der Waals surface area (Å²) in [4.78, 5) is 4.21. The molecular formula is C13H17N3O. The van der Waals surface area contributed by atoms with Crippen molar-refractivity contribution in [2.75, 3.05) is 0 Å². The smallest absolute Gasteiger partial charge is 0.146 e. The second-order valence-corrected chi connectivity index (χ2v) is 4.07. The number of hydrogen-bond acceptors (Lipinski definition) is 3. The Morgan fingerprint density at radius 3 is 2.82 bits per heavy atom. The molecule has 0 amide bonds. The Kier molecular flexibility index (Phi) is 3.44. The van der Waals surface area contributed by atoms with Gasteiger partial charge in [0.2, 0.25) is 0 Å². The summed E-state index contributed by atoms with van der Waals surface area (Å²) >= 11 is 0. The van der Waals surface area contributed by atoms with Crippen LogP contribution in [0.5, 0.6) is 5.75 Å². The number of hydrogen-bond donors (Lipinski definition) is 1. The molecule has 0 aliphatic heterocycles. The summed E-state index contributed by atoms with van der Waals surface area (Å²) in [6.45, 7) is 2.40. The number of para-hydroxylation sites is 1. The summed E-state index contributed by atoms with van der Waals surface area (Å²) in [5.41, 5.74) is 6.91. The van der Waals surface area contributed by atoms with Crippen LogP contribution in [-0.2, 0) is 13.7 Å². The predicted octanol–water partition coefficient (Wildman–Crippen LogP) is 2.02. The summed E-state index contributed by atoms with van der Waals surface area (Å²) < 4.78 is 7.70. The third kappa shape index (κ3) is 2.65. The number of aryl methyl sites for hydroxylation is 1. The molecule has 0 spiro atoms. The molecule has 0 unspecified atom stereocenters. The highest BCUT2D eigenvalue weighted by Crippen LogP contribution is 2.23. The number of nitrogens with two attached hydrogens (primary N) is 1. The van der Waals surface area contributed by atoms with Crippen molar-refractivity contribution in [1.29, 1.82) is 0 Å². The van der Waals surface area contributed by atoms with Crippen molar-refractivity contribution in [3.63, 3.8) is 0 Å². The number of imidazole rings is 1. The standard InChI is InChI=1S/C13H17N3O/c1-10(14)11-5-3-4-6-12(11)17-9-13-15-7-8-16(13)2/h3-8,10H,9,14H2,1-2H3/t10-/m1/s1. The lowest BCUT2D eigenvalue weighted by molar-refractivity contribution is 0.287. The van der Waals surface area contributed by atoms with Gasteiger partial charge in [-0.25, -0.2) is 4.98 Å². The van der Waals surface area contributed by atoms with Gasteiger partial charge in [-0.1, -0.05) is 18.2 Å². The SMILES string of the molecule is C[C@@H](N)c1ccccc1OCc1nccn1C.